The zero-order valence-corrected chi connectivity index (χ0v) is 9.84. The fourth-order valence-electron chi connectivity index (χ4n) is 1.11. The summed E-state index contributed by atoms with van der Waals surface area (Å²) in [5.41, 5.74) is 0.756. The van der Waals surface area contributed by atoms with Gasteiger partial charge >= 0.3 is 5.97 Å². The molecular formula is C11H7Cl2NO2. The molecule has 0 bridgehead atoms. The summed E-state index contributed by atoms with van der Waals surface area (Å²) < 4.78 is 4.59. The van der Waals surface area contributed by atoms with Gasteiger partial charge in [0.2, 0.25) is 0 Å². The molecule has 0 N–H and O–H groups in total. The number of allylic oxidation sites excluding steroid dienone is 1. The van der Waals surface area contributed by atoms with Gasteiger partial charge in [0.1, 0.15) is 0 Å². The molecule has 0 aromatic heterocycles. The van der Waals surface area contributed by atoms with E-state index in [0.717, 1.165) is 0 Å². The van der Waals surface area contributed by atoms with Crippen LogP contribution in [-0.2, 0) is 4.74 Å². The van der Waals surface area contributed by atoms with Gasteiger partial charge in [-0.1, -0.05) is 23.2 Å². The van der Waals surface area contributed by atoms with E-state index in [1.165, 1.54) is 31.4 Å². The van der Waals surface area contributed by atoms with Gasteiger partial charge in [0.05, 0.1) is 28.8 Å². The molecule has 5 heteroatoms. The molecule has 0 atom stereocenters. The number of halogens is 2. The van der Waals surface area contributed by atoms with Gasteiger partial charge in [-0.15, -0.1) is 0 Å². The van der Waals surface area contributed by atoms with E-state index in [-0.39, 0.29) is 10.6 Å². The zero-order chi connectivity index (χ0) is 12.1. The van der Waals surface area contributed by atoms with Crippen LogP contribution in [-0.4, -0.2) is 13.1 Å². The van der Waals surface area contributed by atoms with Gasteiger partial charge in [0.15, 0.2) is 0 Å². The molecule has 16 heavy (non-hydrogen) atoms. The maximum atomic E-state index is 11.4. The average molecular weight is 256 g/mol. The summed E-state index contributed by atoms with van der Waals surface area (Å²) in [5.74, 6) is -0.531. The Balaban J connectivity index is 3.34. The lowest BCUT2D eigenvalue weighted by atomic mass is 10.1. The number of nitrogens with zero attached hydrogens (tertiary/aromatic N) is 1. The molecular weight excluding hydrogens is 249 g/mol. The van der Waals surface area contributed by atoms with E-state index in [9.17, 15) is 4.79 Å². The molecule has 1 aromatic rings. The molecule has 0 spiro atoms. The molecule has 0 radical (unpaired) electrons. The van der Waals surface area contributed by atoms with E-state index in [0.29, 0.717) is 10.6 Å². The van der Waals surface area contributed by atoms with Gasteiger partial charge < -0.3 is 4.74 Å². The van der Waals surface area contributed by atoms with E-state index in [4.69, 9.17) is 28.5 Å². The van der Waals surface area contributed by atoms with Crippen molar-refractivity contribution in [3.05, 3.63) is 39.4 Å². The van der Waals surface area contributed by atoms with Crippen molar-refractivity contribution in [1.82, 2.24) is 0 Å². The molecule has 0 saturated heterocycles. The number of hydrogen-bond donors (Lipinski definition) is 0. The fourth-order valence-corrected chi connectivity index (χ4v) is 1.45. The van der Waals surface area contributed by atoms with Gasteiger partial charge in [-0.25, -0.2) is 4.79 Å². The largest absolute Gasteiger partial charge is 0.465 e. The van der Waals surface area contributed by atoms with E-state index < -0.39 is 5.97 Å². The number of ether oxygens (including phenoxy) is 1. The Bertz CT molecular complexity index is 489. The van der Waals surface area contributed by atoms with Crippen molar-refractivity contribution < 1.29 is 9.53 Å². The first-order valence-corrected chi connectivity index (χ1v) is 4.99. The number of benzene rings is 1. The van der Waals surface area contributed by atoms with Crippen LogP contribution in [0.25, 0.3) is 6.08 Å². The Hall–Kier alpha value is -1.50. The molecule has 0 aliphatic heterocycles. The number of carbonyl (C=O) groups is 1. The van der Waals surface area contributed by atoms with Crippen molar-refractivity contribution in [1.29, 1.82) is 5.26 Å². The maximum absolute atomic E-state index is 11.4. The second kappa shape index (κ2) is 5.55. The topological polar surface area (TPSA) is 50.1 Å². The minimum absolute atomic E-state index is 0.260. The Labute approximate surface area is 103 Å². The molecule has 0 fully saturated rings. The third kappa shape index (κ3) is 2.75. The van der Waals surface area contributed by atoms with Crippen LogP contribution in [0.1, 0.15) is 15.9 Å². The van der Waals surface area contributed by atoms with Crippen molar-refractivity contribution in [2.45, 2.75) is 0 Å². The van der Waals surface area contributed by atoms with E-state index in [1.807, 2.05) is 6.07 Å². The van der Waals surface area contributed by atoms with E-state index in [2.05, 4.69) is 4.74 Å². The summed E-state index contributed by atoms with van der Waals surface area (Å²) in [6, 6.07) is 4.74. The van der Waals surface area contributed by atoms with Crippen molar-refractivity contribution >= 4 is 35.2 Å². The number of carbonyl (C=O) groups excluding carboxylic acids is 1. The number of esters is 1. The summed E-state index contributed by atoms with van der Waals surface area (Å²) in [7, 11) is 1.27. The molecule has 0 saturated carbocycles. The Morgan fingerprint density at radius 2 is 2.06 bits per heavy atom. The molecule has 0 aliphatic rings. The van der Waals surface area contributed by atoms with Gasteiger partial charge in [0, 0.05) is 6.08 Å². The lowest BCUT2D eigenvalue weighted by Crippen LogP contribution is -2.03. The first-order chi connectivity index (χ1) is 7.60. The highest BCUT2D eigenvalue weighted by atomic mass is 35.5. The second-order valence-electron chi connectivity index (χ2n) is 2.81. The third-order valence-electron chi connectivity index (χ3n) is 1.84. The monoisotopic (exact) mass is 255 g/mol. The zero-order valence-electron chi connectivity index (χ0n) is 8.33. The van der Waals surface area contributed by atoms with Crippen LogP contribution in [0.15, 0.2) is 18.2 Å². The SMILES string of the molecule is COC(=O)c1cc(Cl)c(Cl)cc1C=CC#N. The summed E-state index contributed by atoms with van der Waals surface area (Å²) >= 11 is 11.6. The normalized spacial score (nSPS) is 10.1. The summed E-state index contributed by atoms with van der Waals surface area (Å²) in [6.45, 7) is 0. The molecule has 82 valence electrons. The molecule has 0 heterocycles. The van der Waals surface area contributed by atoms with Crippen LogP contribution in [0.3, 0.4) is 0 Å². The average Bonchev–Trinajstić information content (AvgIpc) is 2.29. The predicted molar refractivity (Wildman–Crippen MR) is 62.4 cm³/mol. The number of nitriles is 1. The highest BCUT2D eigenvalue weighted by Crippen LogP contribution is 2.27. The Morgan fingerprint density at radius 3 is 2.62 bits per heavy atom. The van der Waals surface area contributed by atoms with Crippen molar-refractivity contribution in [3.8, 4) is 6.07 Å². The first kappa shape index (κ1) is 12.6. The van der Waals surface area contributed by atoms with Crippen LogP contribution in [0, 0.1) is 11.3 Å². The van der Waals surface area contributed by atoms with Gasteiger partial charge in [0.25, 0.3) is 0 Å². The van der Waals surface area contributed by atoms with Crippen LogP contribution in [0.4, 0.5) is 0 Å². The Kier molecular flexibility index (Phi) is 4.36. The minimum atomic E-state index is -0.531. The second-order valence-corrected chi connectivity index (χ2v) is 3.62. The van der Waals surface area contributed by atoms with Crippen molar-refractivity contribution in [2.24, 2.45) is 0 Å². The summed E-state index contributed by atoms with van der Waals surface area (Å²) in [6.07, 6.45) is 2.71. The summed E-state index contributed by atoms with van der Waals surface area (Å²) in [4.78, 5) is 11.4. The smallest absolute Gasteiger partial charge is 0.338 e. The van der Waals surface area contributed by atoms with Crippen molar-refractivity contribution in [2.75, 3.05) is 7.11 Å². The van der Waals surface area contributed by atoms with Crippen LogP contribution < -0.4 is 0 Å². The standard InChI is InChI=1S/C11H7Cl2NO2/c1-16-11(15)8-6-10(13)9(12)5-7(8)3-2-4-14/h2-3,5-6H,1H3. The van der Waals surface area contributed by atoms with E-state index >= 15 is 0 Å². The number of rotatable bonds is 2. The molecule has 0 aliphatic carbocycles. The quantitative estimate of drug-likeness (QED) is 0.602. The third-order valence-corrected chi connectivity index (χ3v) is 2.56. The first-order valence-electron chi connectivity index (χ1n) is 4.23. The van der Waals surface area contributed by atoms with Crippen LogP contribution >= 0.6 is 23.2 Å². The highest BCUT2D eigenvalue weighted by Gasteiger charge is 2.13. The molecule has 1 rings (SSSR count). The van der Waals surface area contributed by atoms with Crippen LogP contribution in [0.5, 0.6) is 0 Å². The van der Waals surface area contributed by atoms with Crippen LogP contribution in [0.2, 0.25) is 10.0 Å². The highest BCUT2D eigenvalue weighted by molar-refractivity contribution is 6.42. The molecule has 3 nitrogen and oxygen atoms in total. The van der Waals surface area contributed by atoms with Gasteiger partial charge in [-0.3, -0.25) is 0 Å². The predicted octanol–water partition coefficient (Wildman–Crippen LogP) is 3.32. The fraction of sp³-hybridized carbons (Fsp3) is 0.0909. The van der Waals surface area contributed by atoms with Gasteiger partial charge in [-0.05, 0) is 23.8 Å². The van der Waals surface area contributed by atoms with Gasteiger partial charge in [-0.2, -0.15) is 5.26 Å². The lowest BCUT2D eigenvalue weighted by Gasteiger charge is -2.05. The Morgan fingerprint density at radius 1 is 1.44 bits per heavy atom. The number of hydrogen-bond acceptors (Lipinski definition) is 3. The number of methoxy groups -OCH3 is 1. The maximum Gasteiger partial charge on any atom is 0.338 e. The van der Waals surface area contributed by atoms with E-state index in [1.54, 1.807) is 0 Å². The molecule has 0 amide bonds. The molecule has 1 aromatic carbocycles. The lowest BCUT2D eigenvalue weighted by molar-refractivity contribution is 0.0600. The molecule has 0 unspecified atom stereocenters. The minimum Gasteiger partial charge on any atom is -0.465 e. The van der Waals surface area contributed by atoms with Crippen molar-refractivity contribution in [3.63, 3.8) is 0 Å². The summed E-state index contributed by atoms with van der Waals surface area (Å²) in [5, 5.41) is 9.00.